The average molecular weight is 311 g/mol. The van der Waals surface area contributed by atoms with Crippen molar-refractivity contribution in [2.75, 3.05) is 45.8 Å². The standard InChI is InChI=1S/C17H33N3O2/c1-14-5-7-18(8-6-14)11-16(22)12-20-10-9-19(15(2)21)13-17(20,3)4/h14,16,22H,5-13H2,1-4H3. The molecule has 2 saturated heterocycles. The first-order valence-electron chi connectivity index (χ1n) is 8.69. The molecule has 2 aliphatic rings. The van der Waals surface area contributed by atoms with Crippen LogP contribution in [0, 0.1) is 5.92 Å². The number of amides is 1. The van der Waals surface area contributed by atoms with Crippen LogP contribution in [0.3, 0.4) is 0 Å². The van der Waals surface area contributed by atoms with Gasteiger partial charge in [0.2, 0.25) is 5.91 Å². The topological polar surface area (TPSA) is 47.0 Å². The van der Waals surface area contributed by atoms with Gasteiger partial charge in [-0.25, -0.2) is 0 Å². The fourth-order valence-electron chi connectivity index (χ4n) is 3.65. The number of β-amino-alcohol motifs (C(OH)–C–C–N with tert-alkyl or cyclic N) is 1. The van der Waals surface area contributed by atoms with Crippen molar-refractivity contribution in [2.24, 2.45) is 5.92 Å². The number of aliphatic hydroxyl groups is 1. The van der Waals surface area contributed by atoms with Gasteiger partial charge in [0.05, 0.1) is 6.10 Å². The minimum Gasteiger partial charge on any atom is -0.390 e. The van der Waals surface area contributed by atoms with Gasteiger partial charge >= 0.3 is 0 Å². The van der Waals surface area contributed by atoms with Gasteiger partial charge in [-0.3, -0.25) is 9.69 Å². The van der Waals surface area contributed by atoms with Crippen LogP contribution < -0.4 is 0 Å². The lowest BCUT2D eigenvalue weighted by Gasteiger charge is -2.48. The number of carbonyl (C=O) groups excluding carboxylic acids is 1. The van der Waals surface area contributed by atoms with E-state index in [-0.39, 0.29) is 17.6 Å². The third-order valence-corrected chi connectivity index (χ3v) is 5.30. The predicted octanol–water partition coefficient (Wildman–Crippen LogP) is 1.02. The zero-order valence-electron chi connectivity index (χ0n) is 14.7. The molecule has 0 radical (unpaired) electrons. The molecule has 128 valence electrons. The third-order valence-electron chi connectivity index (χ3n) is 5.30. The molecule has 1 N–H and O–H groups in total. The first-order valence-corrected chi connectivity index (χ1v) is 8.69. The van der Waals surface area contributed by atoms with Crippen molar-refractivity contribution in [3.05, 3.63) is 0 Å². The first-order chi connectivity index (χ1) is 10.3. The number of hydrogen-bond donors (Lipinski definition) is 1. The molecule has 1 atom stereocenters. The Morgan fingerprint density at radius 3 is 2.36 bits per heavy atom. The maximum Gasteiger partial charge on any atom is 0.219 e. The van der Waals surface area contributed by atoms with E-state index in [9.17, 15) is 9.90 Å². The molecular weight excluding hydrogens is 278 g/mol. The monoisotopic (exact) mass is 311 g/mol. The smallest absolute Gasteiger partial charge is 0.219 e. The summed E-state index contributed by atoms with van der Waals surface area (Å²) in [5.41, 5.74) is -0.0681. The summed E-state index contributed by atoms with van der Waals surface area (Å²) in [6.07, 6.45) is 2.18. The van der Waals surface area contributed by atoms with Crippen molar-refractivity contribution >= 4 is 5.91 Å². The highest BCUT2D eigenvalue weighted by Crippen LogP contribution is 2.22. The number of carbonyl (C=O) groups is 1. The lowest BCUT2D eigenvalue weighted by molar-refractivity contribution is -0.134. The second-order valence-corrected chi connectivity index (χ2v) is 7.84. The number of piperazine rings is 1. The van der Waals surface area contributed by atoms with E-state index in [1.165, 1.54) is 12.8 Å². The highest BCUT2D eigenvalue weighted by atomic mass is 16.3. The molecule has 2 rings (SSSR count). The molecule has 1 unspecified atom stereocenters. The van der Waals surface area contributed by atoms with E-state index >= 15 is 0 Å². The fourth-order valence-corrected chi connectivity index (χ4v) is 3.65. The molecule has 5 heteroatoms. The Hall–Kier alpha value is -0.650. The molecule has 2 fully saturated rings. The van der Waals surface area contributed by atoms with Gasteiger partial charge in [0.15, 0.2) is 0 Å². The molecule has 0 spiro atoms. The van der Waals surface area contributed by atoms with Gasteiger partial charge in [0.1, 0.15) is 0 Å². The van der Waals surface area contributed by atoms with E-state index in [4.69, 9.17) is 0 Å². The zero-order chi connectivity index (χ0) is 16.3. The average Bonchev–Trinajstić information content (AvgIpc) is 2.43. The number of nitrogens with zero attached hydrogens (tertiary/aromatic N) is 3. The van der Waals surface area contributed by atoms with Gasteiger partial charge in [0.25, 0.3) is 0 Å². The largest absolute Gasteiger partial charge is 0.390 e. The Kier molecular flexibility index (Phi) is 5.86. The van der Waals surface area contributed by atoms with Crippen molar-refractivity contribution < 1.29 is 9.90 Å². The third kappa shape index (κ3) is 4.67. The number of likely N-dealkylation sites (tertiary alicyclic amines) is 1. The summed E-state index contributed by atoms with van der Waals surface area (Å²) in [5.74, 6) is 0.975. The van der Waals surface area contributed by atoms with Crippen LogP contribution in [0.5, 0.6) is 0 Å². The van der Waals surface area contributed by atoms with Gasteiger partial charge in [-0.15, -0.1) is 0 Å². The normalized spacial score (nSPS) is 26.1. The molecule has 2 heterocycles. The summed E-state index contributed by atoms with van der Waals surface area (Å²) >= 11 is 0. The van der Waals surface area contributed by atoms with Crippen molar-refractivity contribution in [3.63, 3.8) is 0 Å². The molecule has 22 heavy (non-hydrogen) atoms. The van der Waals surface area contributed by atoms with Crippen LogP contribution in [0.4, 0.5) is 0 Å². The molecule has 0 aromatic heterocycles. The summed E-state index contributed by atoms with van der Waals surface area (Å²) in [7, 11) is 0. The van der Waals surface area contributed by atoms with Gasteiger partial charge in [-0.1, -0.05) is 6.92 Å². The molecule has 0 saturated carbocycles. The Labute approximate surface area is 135 Å². The molecule has 0 aliphatic carbocycles. The van der Waals surface area contributed by atoms with Crippen molar-refractivity contribution in [1.82, 2.24) is 14.7 Å². The highest BCUT2D eigenvalue weighted by molar-refractivity contribution is 5.73. The molecule has 0 bridgehead atoms. The van der Waals surface area contributed by atoms with Crippen molar-refractivity contribution in [1.29, 1.82) is 0 Å². The number of piperidine rings is 1. The van der Waals surface area contributed by atoms with Crippen LogP contribution >= 0.6 is 0 Å². The van der Waals surface area contributed by atoms with Crippen LogP contribution in [0.1, 0.15) is 40.5 Å². The van der Waals surface area contributed by atoms with Crippen molar-refractivity contribution in [2.45, 2.75) is 52.2 Å². The minimum atomic E-state index is -0.309. The lowest BCUT2D eigenvalue weighted by Crippen LogP contribution is -2.62. The van der Waals surface area contributed by atoms with E-state index < -0.39 is 0 Å². The van der Waals surface area contributed by atoms with E-state index in [0.717, 1.165) is 45.2 Å². The van der Waals surface area contributed by atoms with Crippen LogP contribution in [-0.4, -0.2) is 83.2 Å². The van der Waals surface area contributed by atoms with Gasteiger partial charge in [0, 0.05) is 45.2 Å². The van der Waals surface area contributed by atoms with Crippen molar-refractivity contribution in [3.8, 4) is 0 Å². The van der Waals surface area contributed by atoms with E-state index in [1.807, 2.05) is 4.90 Å². The summed E-state index contributed by atoms with van der Waals surface area (Å²) in [5, 5.41) is 10.5. The maximum absolute atomic E-state index is 11.6. The number of hydrogen-bond acceptors (Lipinski definition) is 4. The van der Waals surface area contributed by atoms with Gasteiger partial charge in [-0.05, 0) is 45.7 Å². The molecule has 0 aromatic carbocycles. The van der Waals surface area contributed by atoms with E-state index in [2.05, 4.69) is 30.6 Å². The second-order valence-electron chi connectivity index (χ2n) is 7.84. The SMILES string of the molecule is CC(=O)N1CCN(CC(O)CN2CCC(C)CC2)C(C)(C)C1. The Morgan fingerprint density at radius 2 is 1.82 bits per heavy atom. The molecule has 1 amide bonds. The molecule has 5 nitrogen and oxygen atoms in total. The molecule has 0 aromatic rings. The van der Waals surface area contributed by atoms with Gasteiger partial charge in [-0.2, -0.15) is 0 Å². The summed E-state index contributed by atoms with van der Waals surface area (Å²) in [4.78, 5) is 18.2. The van der Waals surface area contributed by atoms with E-state index in [1.54, 1.807) is 6.92 Å². The number of aliphatic hydroxyl groups excluding tert-OH is 1. The van der Waals surface area contributed by atoms with E-state index in [0.29, 0.717) is 6.54 Å². The minimum absolute atomic E-state index is 0.0681. The maximum atomic E-state index is 11.6. The van der Waals surface area contributed by atoms with Crippen LogP contribution in [-0.2, 0) is 4.79 Å². The summed E-state index contributed by atoms with van der Waals surface area (Å²) in [6, 6.07) is 0. The summed E-state index contributed by atoms with van der Waals surface area (Å²) in [6.45, 7) is 14.3. The quantitative estimate of drug-likeness (QED) is 0.842. The number of rotatable bonds is 4. The zero-order valence-corrected chi connectivity index (χ0v) is 14.7. The van der Waals surface area contributed by atoms with Crippen LogP contribution in [0.15, 0.2) is 0 Å². The van der Waals surface area contributed by atoms with Gasteiger partial charge < -0.3 is 14.9 Å². The molecular formula is C17H33N3O2. The van der Waals surface area contributed by atoms with Crippen LogP contribution in [0.25, 0.3) is 0 Å². The molecule has 2 aliphatic heterocycles. The Balaban J connectivity index is 1.81. The van der Waals surface area contributed by atoms with Crippen LogP contribution in [0.2, 0.25) is 0 Å². The summed E-state index contributed by atoms with van der Waals surface area (Å²) < 4.78 is 0. The fraction of sp³-hybridized carbons (Fsp3) is 0.941. The predicted molar refractivity (Wildman–Crippen MR) is 88.8 cm³/mol. The second kappa shape index (κ2) is 7.28. The Morgan fingerprint density at radius 1 is 1.18 bits per heavy atom. The highest BCUT2D eigenvalue weighted by Gasteiger charge is 2.35. The first kappa shape index (κ1) is 17.7. The Bertz CT molecular complexity index is 378. The lowest BCUT2D eigenvalue weighted by atomic mass is 9.97.